The molecule has 0 saturated heterocycles. The Morgan fingerprint density at radius 3 is 2.03 bits per heavy atom. The second kappa shape index (κ2) is 11.8. The van der Waals surface area contributed by atoms with Crippen molar-refractivity contribution < 1.29 is 9.90 Å². The van der Waals surface area contributed by atoms with Crippen LogP contribution in [0.3, 0.4) is 0 Å². The second-order valence-electron chi connectivity index (χ2n) is 8.28. The molecule has 0 amide bonds. The molecular weight excluding hydrogens is 414 g/mol. The number of hydrogen-bond acceptors (Lipinski definition) is 3. The van der Waals surface area contributed by atoms with E-state index >= 15 is 0 Å². The molecule has 2 aromatic rings. The van der Waals surface area contributed by atoms with Gasteiger partial charge in [0.05, 0.1) is 10.2 Å². The zero-order chi connectivity index (χ0) is 23.6. The Morgan fingerprint density at radius 2 is 1.62 bits per heavy atom. The van der Waals surface area contributed by atoms with Gasteiger partial charge in [-0.25, -0.2) is 0 Å². The molecule has 1 aliphatic rings. The summed E-state index contributed by atoms with van der Waals surface area (Å²) in [6, 6.07) is 20.5. The average Bonchev–Trinajstić information content (AvgIpc) is 2.82. The standard InChI is InChI=1S/C26H30O2S.C2H5N/c1-4-20(2)26(22-14-7-5-8-15-22,23-16-9-6-10-17-23)29-19-25(24(27)28)18-12-11-13-21(25)3;1-2-3/h4-10,14-17,21H,1-2,11-13,18-19H2,3H3,(H,27,28);2H,1,3H2/t21?,25-;/m0./s1. The van der Waals surface area contributed by atoms with Gasteiger partial charge in [0, 0.05) is 5.75 Å². The molecule has 0 bridgehead atoms. The highest BCUT2D eigenvalue weighted by atomic mass is 32.2. The van der Waals surface area contributed by atoms with E-state index in [4.69, 9.17) is 0 Å². The second-order valence-corrected chi connectivity index (χ2v) is 9.46. The quantitative estimate of drug-likeness (QED) is 0.436. The van der Waals surface area contributed by atoms with E-state index in [2.05, 4.69) is 56.7 Å². The maximum Gasteiger partial charge on any atom is 0.310 e. The molecule has 0 heterocycles. The van der Waals surface area contributed by atoms with Crippen molar-refractivity contribution in [2.24, 2.45) is 17.1 Å². The van der Waals surface area contributed by atoms with Gasteiger partial charge in [-0.1, -0.05) is 106 Å². The molecule has 0 radical (unpaired) electrons. The van der Waals surface area contributed by atoms with Crippen molar-refractivity contribution in [2.45, 2.75) is 37.4 Å². The van der Waals surface area contributed by atoms with Gasteiger partial charge in [-0.15, -0.1) is 11.8 Å². The van der Waals surface area contributed by atoms with Crippen LogP contribution in [0.1, 0.15) is 43.7 Å². The van der Waals surface area contributed by atoms with Gasteiger partial charge in [0.1, 0.15) is 0 Å². The third-order valence-corrected chi connectivity index (χ3v) is 8.31. The van der Waals surface area contributed by atoms with E-state index in [9.17, 15) is 9.90 Å². The maximum atomic E-state index is 12.5. The lowest BCUT2D eigenvalue weighted by Gasteiger charge is -2.43. The van der Waals surface area contributed by atoms with Gasteiger partial charge in [-0.05, 0) is 41.7 Å². The highest BCUT2D eigenvalue weighted by Crippen LogP contribution is 2.53. The lowest BCUT2D eigenvalue weighted by molar-refractivity contribution is -0.152. The predicted octanol–water partition coefficient (Wildman–Crippen LogP) is 6.78. The van der Waals surface area contributed by atoms with Crippen molar-refractivity contribution in [3.05, 3.63) is 109 Å². The van der Waals surface area contributed by atoms with Crippen molar-refractivity contribution >= 4 is 17.7 Å². The number of thioether (sulfide) groups is 1. The molecule has 1 unspecified atom stereocenters. The molecule has 32 heavy (non-hydrogen) atoms. The lowest BCUT2D eigenvalue weighted by atomic mass is 9.68. The number of carboxylic acid groups (broad SMARTS) is 1. The van der Waals surface area contributed by atoms with Gasteiger partial charge in [-0.2, -0.15) is 0 Å². The Hall–Kier alpha value is -2.72. The molecule has 2 atom stereocenters. The van der Waals surface area contributed by atoms with Crippen LogP contribution in [-0.2, 0) is 9.54 Å². The zero-order valence-electron chi connectivity index (χ0n) is 19.0. The van der Waals surface area contributed by atoms with Crippen molar-refractivity contribution in [1.29, 1.82) is 0 Å². The van der Waals surface area contributed by atoms with Crippen molar-refractivity contribution in [1.82, 2.24) is 0 Å². The number of rotatable bonds is 8. The van der Waals surface area contributed by atoms with Crippen LogP contribution in [0.5, 0.6) is 0 Å². The average molecular weight is 450 g/mol. The van der Waals surface area contributed by atoms with Gasteiger partial charge >= 0.3 is 5.97 Å². The van der Waals surface area contributed by atoms with Crippen molar-refractivity contribution in [3.8, 4) is 0 Å². The van der Waals surface area contributed by atoms with Gasteiger partial charge < -0.3 is 10.8 Å². The van der Waals surface area contributed by atoms with Gasteiger partial charge in [0.25, 0.3) is 0 Å². The molecular formula is C28H35NO2S. The van der Waals surface area contributed by atoms with Crippen LogP contribution in [0.4, 0.5) is 0 Å². The maximum absolute atomic E-state index is 12.5. The Morgan fingerprint density at radius 1 is 1.12 bits per heavy atom. The third-order valence-electron chi connectivity index (χ3n) is 6.48. The minimum absolute atomic E-state index is 0.155. The van der Waals surface area contributed by atoms with E-state index in [0.717, 1.165) is 42.4 Å². The minimum Gasteiger partial charge on any atom is -0.481 e. The third kappa shape index (κ3) is 5.18. The molecule has 4 heteroatoms. The topological polar surface area (TPSA) is 63.3 Å². The first-order valence-electron chi connectivity index (χ1n) is 11.0. The summed E-state index contributed by atoms with van der Waals surface area (Å²) < 4.78 is -0.566. The normalized spacial score (nSPS) is 20.3. The number of benzene rings is 2. The fourth-order valence-electron chi connectivity index (χ4n) is 4.53. The molecule has 1 aliphatic carbocycles. The van der Waals surface area contributed by atoms with Crippen LogP contribution >= 0.6 is 11.8 Å². The van der Waals surface area contributed by atoms with Crippen LogP contribution in [0.15, 0.2) is 98.2 Å². The fourth-order valence-corrected chi connectivity index (χ4v) is 6.43. The molecule has 170 valence electrons. The highest BCUT2D eigenvalue weighted by Gasteiger charge is 2.48. The number of hydrogen-bond donors (Lipinski definition) is 2. The number of carboxylic acids is 1. The summed E-state index contributed by atoms with van der Waals surface area (Å²) in [4.78, 5) is 12.5. The minimum atomic E-state index is -0.709. The summed E-state index contributed by atoms with van der Waals surface area (Å²) in [5.41, 5.74) is 6.98. The number of aliphatic carboxylic acids is 1. The molecule has 1 fully saturated rings. The van der Waals surface area contributed by atoms with E-state index in [-0.39, 0.29) is 5.92 Å². The number of nitrogens with two attached hydrogens (primary N) is 1. The predicted molar refractivity (Wildman–Crippen MR) is 138 cm³/mol. The molecule has 3 rings (SSSR count). The molecule has 0 aliphatic heterocycles. The Bertz CT molecular complexity index is 870. The van der Waals surface area contributed by atoms with E-state index in [1.165, 1.54) is 6.20 Å². The molecule has 1 saturated carbocycles. The van der Waals surface area contributed by atoms with E-state index < -0.39 is 16.1 Å². The summed E-state index contributed by atoms with van der Waals surface area (Å²) in [6.07, 6.45) is 6.85. The van der Waals surface area contributed by atoms with Crippen molar-refractivity contribution in [2.75, 3.05) is 5.75 Å². The fraction of sp³-hybridized carbons (Fsp3) is 0.321. The smallest absolute Gasteiger partial charge is 0.310 e. The van der Waals surface area contributed by atoms with Gasteiger partial charge in [0.2, 0.25) is 0 Å². The van der Waals surface area contributed by atoms with Crippen LogP contribution in [0.25, 0.3) is 0 Å². The van der Waals surface area contributed by atoms with Crippen LogP contribution < -0.4 is 5.73 Å². The van der Waals surface area contributed by atoms with E-state index in [1.807, 2.05) is 42.5 Å². The molecule has 3 N–H and O–H groups in total. The molecule has 0 aromatic heterocycles. The first kappa shape index (κ1) is 25.5. The van der Waals surface area contributed by atoms with Crippen LogP contribution in [0.2, 0.25) is 0 Å². The Balaban J connectivity index is 0.00000114. The zero-order valence-corrected chi connectivity index (χ0v) is 19.8. The summed E-state index contributed by atoms with van der Waals surface area (Å²) in [5, 5.41) is 10.2. The molecule has 0 spiro atoms. The van der Waals surface area contributed by atoms with Gasteiger partial charge in [-0.3, -0.25) is 4.79 Å². The summed E-state index contributed by atoms with van der Waals surface area (Å²) in [5.74, 6) is 0.0269. The largest absolute Gasteiger partial charge is 0.481 e. The molecule has 2 aromatic carbocycles. The monoisotopic (exact) mass is 449 g/mol. The van der Waals surface area contributed by atoms with E-state index in [1.54, 1.807) is 11.8 Å². The first-order chi connectivity index (χ1) is 15.4. The summed E-state index contributed by atoms with van der Waals surface area (Å²) in [6.45, 7) is 13.6. The summed E-state index contributed by atoms with van der Waals surface area (Å²) in [7, 11) is 0. The van der Waals surface area contributed by atoms with Crippen LogP contribution in [0, 0.1) is 11.3 Å². The first-order valence-corrected chi connectivity index (χ1v) is 12.0. The molecule has 3 nitrogen and oxygen atoms in total. The SMILES string of the molecule is C=CC(=C)C(SC[C@@]1(C(=O)O)CCCCC1C)(c1ccccc1)c1ccccc1.C=CN. The van der Waals surface area contributed by atoms with E-state index in [0.29, 0.717) is 5.75 Å². The lowest BCUT2D eigenvalue weighted by Crippen LogP contribution is -2.43. The number of allylic oxidation sites excluding steroid dienone is 1. The Labute approximate surface area is 197 Å². The number of carbonyl (C=O) groups is 1. The summed E-state index contributed by atoms with van der Waals surface area (Å²) >= 11 is 1.69. The Kier molecular flexibility index (Phi) is 9.40. The van der Waals surface area contributed by atoms with Crippen molar-refractivity contribution in [3.63, 3.8) is 0 Å². The van der Waals surface area contributed by atoms with Crippen LogP contribution in [-0.4, -0.2) is 16.8 Å². The van der Waals surface area contributed by atoms with Gasteiger partial charge in [0.15, 0.2) is 0 Å². The highest BCUT2D eigenvalue weighted by molar-refractivity contribution is 8.00.